The van der Waals surface area contributed by atoms with Crippen molar-refractivity contribution in [2.45, 2.75) is 19.0 Å². The van der Waals surface area contributed by atoms with Crippen LogP contribution in [0.25, 0.3) is 0 Å². The summed E-state index contributed by atoms with van der Waals surface area (Å²) in [5.74, 6) is 2.84. The van der Waals surface area contributed by atoms with Gasteiger partial charge in [0.25, 0.3) is 0 Å². The second kappa shape index (κ2) is 6.63. The van der Waals surface area contributed by atoms with Gasteiger partial charge in [-0.3, -0.25) is 9.69 Å². The number of hydrogen-bond donors (Lipinski definition) is 0. The summed E-state index contributed by atoms with van der Waals surface area (Å²) < 4.78 is 11.0. The van der Waals surface area contributed by atoms with E-state index in [1.165, 1.54) is 7.11 Å². The lowest BCUT2D eigenvalue weighted by atomic mass is 10.2. The molecule has 0 bridgehead atoms. The van der Waals surface area contributed by atoms with E-state index in [1.807, 2.05) is 23.9 Å². The summed E-state index contributed by atoms with van der Waals surface area (Å²) in [6.45, 7) is 1.72. The van der Waals surface area contributed by atoms with Crippen LogP contribution in [0.5, 0.6) is 0 Å². The quantitative estimate of drug-likeness (QED) is 0.792. The lowest BCUT2D eigenvalue weighted by Crippen LogP contribution is -2.43. The maximum Gasteiger partial charge on any atom is 0.307 e. The van der Waals surface area contributed by atoms with Crippen LogP contribution < -0.4 is 0 Å². The Kier molecular flexibility index (Phi) is 5.14. The number of ether oxygens (including phenoxy) is 1. The van der Waals surface area contributed by atoms with Crippen molar-refractivity contribution in [3.05, 3.63) is 22.6 Å². The number of methoxy groups -OCH3 is 1. The van der Waals surface area contributed by atoms with Crippen molar-refractivity contribution in [1.82, 2.24) is 4.90 Å². The van der Waals surface area contributed by atoms with Gasteiger partial charge in [-0.15, -0.1) is 0 Å². The van der Waals surface area contributed by atoms with Gasteiger partial charge in [0.2, 0.25) is 0 Å². The average molecular weight is 334 g/mol. The maximum absolute atomic E-state index is 11.4. The van der Waals surface area contributed by atoms with Crippen LogP contribution in [0.3, 0.4) is 0 Å². The number of thioether (sulfide) groups is 1. The molecule has 1 fully saturated rings. The fraction of sp³-hybridized carbons (Fsp3) is 0.583. The van der Waals surface area contributed by atoms with Crippen LogP contribution in [-0.4, -0.2) is 42.1 Å². The molecule has 1 atom stereocenters. The number of rotatable bonds is 4. The lowest BCUT2D eigenvalue weighted by molar-refractivity contribution is -0.141. The third-order valence-electron chi connectivity index (χ3n) is 2.97. The molecule has 1 aliphatic heterocycles. The van der Waals surface area contributed by atoms with E-state index < -0.39 is 0 Å². The Hall–Kier alpha value is -0.460. The lowest BCUT2D eigenvalue weighted by Gasteiger charge is -2.34. The molecule has 1 aromatic heterocycles. The normalized spacial score (nSPS) is 20.9. The van der Waals surface area contributed by atoms with E-state index in [1.54, 1.807) is 0 Å². The molecule has 2 heterocycles. The molecule has 18 heavy (non-hydrogen) atoms. The largest absolute Gasteiger partial charge is 0.469 e. The number of nitrogens with zero attached hydrogens (tertiary/aromatic N) is 1. The minimum atomic E-state index is -0.145. The van der Waals surface area contributed by atoms with E-state index in [0.29, 0.717) is 6.42 Å². The highest BCUT2D eigenvalue weighted by Crippen LogP contribution is 2.23. The zero-order chi connectivity index (χ0) is 13.0. The maximum atomic E-state index is 11.4. The second-order valence-electron chi connectivity index (χ2n) is 4.19. The Balaban J connectivity index is 1.96. The molecule has 0 unspecified atom stereocenters. The van der Waals surface area contributed by atoms with Gasteiger partial charge in [-0.25, -0.2) is 0 Å². The minimum Gasteiger partial charge on any atom is -0.469 e. The molecule has 0 amide bonds. The molecule has 0 saturated carbocycles. The van der Waals surface area contributed by atoms with E-state index in [0.717, 1.165) is 35.0 Å². The van der Waals surface area contributed by atoms with Crippen LogP contribution in [0.15, 0.2) is 21.2 Å². The van der Waals surface area contributed by atoms with Gasteiger partial charge in [0.15, 0.2) is 4.67 Å². The summed E-state index contributed by atoms with van der Waals surface area (Å²) in [6.07, 6.45) is 0.450. The monoisotopic (exact) mass is 333 g/mol. The third kappa shape index (κ3) is 3.76. The van der Waals surface area contributed by atoms with Crippen LogP contribution >= 0.6 is 27.7 Å². The predicted octanol–water partition coefficient (Wildman–Crippen LogP) is 2.52. The van der Waals surface area contributed by atoms with E-state index >= 15 is 0 Å². The van der Waals surface area contributed by atoms with Gasteiger partial charge >= 0.3 is 5.97 Å². The Morgan fingerprint density at radius 3 is 3.17 bits per heavy atom. The number of furan rings is 1. The van der Waals surface area contributed by atoms with Crippen molar-refractivity contribution < 1.29 is 13.9 Å². The number of esters is 1. The summed E-state index contributed by atoms with van der Waals surface area (Å²) in [5, 5.41) is 0. The number of hydrogen-bond acceptors (Lipinski definition) is 5. The number of carbonyl (C=O) groups is 1. The first-order valence-electron chi connectivity index (χ1n) is 5.82. The molecule has 6 heteroatoms. The van der Waals surface area contributed by atoms with Crippen molar-refractivity contribution in [2.24, 2.45) is 0 Å². The molecule has 1 aromatic rings. The summed E-state index contributed by atoms with van der Waals surface area (Å²) in [6, 6.07) is 4.09. The Morgan fingerprint density at radius 1 is 1.67 bits per heavy atom. The molecule has 100 valence electrons. The fourth-order valence-corrected chi connectivity index (χ4v) is 3.47. The van der Waals surface area contributed by atoms with Gasteiger partial charge in [0, 0.05) is 24.1 Å². The first kappa shape index (κ1) is 14.0. The van der Waals surface area contributed by atoms with Gasteiger partial charge in [0.05, 0.1) is 20.1 Å². The number of halogens is 1. The zero-order valence-electron chi connectivity index (χ0n) is 10.2. The summed E-state index contributed by atoms with van der Waals surface area (Å²) in [7, 11) is 1.44. The molecule has 0 aromatic carbocycles. The average Bonchev–Trinajstić information content (AvgIpc) is 2.77. The smallest absolute Gasteiger partial charge is 0.307 e. The zero-order valence-corrected chi connectivity index (χ0v) is 12.6. The van der Waals surface area contributed by atoms with Crippen LogP contribution in [0, 0.1) is 0 Å². The fourth-order valence-electron chi connectivity index (χ4n) is 2.00. The highest BCUT2D eigenvalue weighted by atomic mass is 79.9. The minimum absolute atomic E-state index is 0.145. The van der Waals surface area contributed by atoms with E-state index in [2.05, 4.69) is 20.8 Å². The van der Waals surface area contributed by atoms with Crippen LogP contribution in [0.2, 0.25) is 0 Å². The number of carbonyl (C=O) groups excluding carboxylic acids is 1. The van der Waals surface area contributed by atoms with Crippen molar-refractivity contribution in [3.8, 4) is 0 Å². The molecular weight excluding hydrogens is 318 g/mol. The molecule has 0 spiro atoms. The van der Waals surface area contributed by atoms with E-state index in [-0.39, 0.29) is 12.0 Å². The Morgan fingerprint density at radius 2 is 2.50 bits per heavy atom. The summed E-state index contributed by atoms with van der Waals surface area (Å²) in [4.78, 5) is 13.7. The highest BCUT2D eigenvalue weighted by Gasteiger charge is 2.26. The molecular formula is C12H16BrNO3S. The van der Waals surface area contributed by atoms with Crippen LogP contribution in [0.4, 0.5) is 0 Å². The standard InChI is InChI=1S/C12H16BrNO3S/c1-16-12(15)6-9-8-18-5-4-14(9)7-10-2-3-11(13)17-10/h2-3,9H,4-8H2,1H3/t9-/m0/s1. The molecule has 1 saturated heterocycles. The van der Waals surface area contributed by atoms with Crippen molar-refractivity contribution in [2.75, 3.05) is 25.2 Å². The summed E-state index contributed by atoms with van der Waals surface area (Å²) in [5.41, 5.74) is 0. The predicted molar refractivity (Wildman–Crippen MR) is 74.6 cm³/mol. The second-order valence-corrected chi connectivity index (χ2v) is 6.12. The van der Waals surface area contributed by atoms with Gasteiger partial charge < -0.3 is 9.15 Å². The van der Waals surface area contributed by atoms with Crippen molar-refractivity contribution in [1.29, 1.82) is 0 Å². The van der Waals surface area contributed by atoms with Crippen LogP contribution in [0.1, 0.15) is 12.2 Å². The highest BCUT2D eigenvalue weighted by molar-refractivity contribution is 9.10. The topological polar surface area (TPSA) is 42.7 Å². The van der Waals surface area contributed by atoms with Gasteiger partial charge in [0.1, 0.15) is 5.76 Å². The Labute approximate surface area is 119 Å². The van der Waals surface area contributed by atoms with Crippen molar-refractivity contribution >= 4 is 33.7 Å². The van der Waals surface area contributed by atoms with E-state index in [9.17, 15) is 4.79 Å². The van der Waals surface area contributed by atoms with Gasteiger partial charge in [-0.2, -0.15) is 11.8 Å². The van der Waals surface area contributed by atoms with Gasteiger partial charge in [-0.05, 0) is 28.1 Å². The molecule has 0 N–H and O–H groups in total. The first-order valence-corrected chi connectivity index (χ1v) is 7.76. The molecule has 2 rings (SSSR count). The van der Waals surface area contributed by atoms with E-state index in [4.69, 9.17) is 9.15 Å². The third-order valence-corrected chi connectivity index (χ3v) is 4.49. The van der Waals surface area contributed by atoms with Crippen molar-refractivity contribution in [3.63, 3.8) is 0 Å². The molecule has 1 aliphatic rings. The molecule has 0 radical (unpaired) electrons. The SMILES string of the molecule is COC(=O)C[C@H]1CSCCN1Cc1ccc(Br)o1. The van der Waals surface area contributed by atoms with Gasteiger partial charge in [-0.1, -0.05) is 0 Å². The molecule has 4 nitrogen and oxygen atoms in total. The first-order chi connectivity index (χ1) is 8.69. The Bertz CT molecular complexity index is 410. The summed E-state index contributed by atoms with van der Waals surface area (Å²) >= 11 is 5.19. The molecule has 0 aliphatic carbocycles. The van der Waals surface area contributed by atoms with Crippen LogP contribution in [-0.2, 0) is 16.1 Å².